The molecule has 40 heavy (non-hydrogen) atoms. The molecule has 0 amide bonds. The first-order valence-corrected chi connectivity index (χ1v) is 13.6. The number of hydrogen-bond donors (Lipinski definition) is 3. The molecule has 10 heteroatoms. The Balaban J connectivity index is 1.24. The predicted octanol–water partition coefficient (Wildman–Crippen LogP) is 5.11. The molecule has 3 aromatic carbocycles. The first kappa shape index (κ1) is 24.6. The maximum atomic E-state index is 11.6. The van der Waals surface area contributed by atoms with E-state index in [1.807, 2.05) is 48.5 Å². The van der Waals surface area contributed by atoms with Gasteiger partial charge in [0.1, 0.15) is 17.0 Å². The van der Waals surface area contributed by atoms with Gasteiger partial charge in [-0.25, -0.2) is 0 Å². The van der Waals surface area contributed by atoms with Crippen LogP contribution in [-0.4, -0.2) is 42.2 Å². The van der Waals surface area contributed by atoms with Gasteiger partial charge in [0.25, 0.3) is 0 Å². The minimum Gasteiger partial charge on any atom is -0.494 e. The molecule has 0 spiro atoms. The molecule has 3 atom stereocenters. The molecule has 2 bridgehead atoms. The van der Waals surface area contributed by atoms with E-state index in [2.05, 4.69) is 15.7 Å². The Hall–Kier alpha value is -4.43. The van der Waals surface area contributed by atoms with Crippen molar-refractivity contribution in [2.45, 2.75) is 37.1 Å². The third-order valence-electron chi connectivity index (χ3n) is 8.18. The monoisotopic (exact) mass is 552 g/mol. The molecule has 9 nitrogen and oxygen atoms in total. The second kappa shape index (κ2) is 8.79. The second-order valence-corrected chi connectivity index (χ2v) is 11.1. The zero-order valence-corrected chi connectivity index (χ0v) is 22.2. The normalized spacial score (nSPS) is 22.9. The van der Waals surface area contributed by atoms with E-state index >= 15 is 0 Å². The van der Waals surface area contributed by atoms with Gasteiger partial charge in [-0.3, -0.25) is 4.57 Å². The minimum atomic E-state index is -1.20. The van der Waals surface area contributed by atoms with Gasteiger partial charge in [-0.05, 0) is 60.4 Å². The number of aliphatic hydroxyl groups excluding tert-OH is 1. The molecule has 0 unspecified atom stereocenters. The number of rotatable bonds is 6. The summed E-state index contributed by atoms with van der Waals surface area (Å²) in [5, 5.41) is 49.0. The topological polar surface area (TPSA) is 134 Å². The predicted molar refractivity (Wildman–Crippen MR) is 148 cm³/mol. The lowest BCUT2D eigenvalue weighted by atomic mass is 9.76. The number of hydrogen-bond acceptors (Lipinski definition) is 9. The molecule has 0 radical (unpaired) electrons. The van der Waals surface area contributed by atoms with Gasteiger partial charge in [0.15, 0.2) is 0 Å². The Bertz CT molecular complexity index is 1810. The molecular formula is C30H24N4O5S. The number of benzene rings is 3. The average molecular weight is 553 g/mol. The van der Waals surface area contributed by atoms with Crippen molar-refractivity contribution < 1.29 is 24.8 Å². The summed E-state index contributed by atoms with van der Waals surface area (Å²) in [6, 6.07) is 20.6. The first-order chi connectivity index (χ1) is 19.4. The summed E-state index contributed by atoms with van der Waals surface area (Å²) >= 11 is 1.32. The van der Waals surface area contributed by atoms with Crippen LogP contribution < -0.4 is 4.74 Å². The average Bonchev–Trinajstić information content (AvgIpc) is 3.70. The standard InChI is InChI=1S/C30H24N4O5S/c1-29-24(35)14-30(39-29,12-13-38-19-9-6-17(7-10-19)23-16-32-33-40-23)26-25(29)27(36)34(28(26)37)22-11-8-18(15-31)20-4-2-3-5-21(20)22/h2-11,16,24,35-37H,12-14H2,1H3/t24-,29-,30+/m0/s1. The summed E-state index contributed by atoms with van der Waals surface area (Å²) in [6.45, 7) is 1.99. The van der Waals surface area contributed by atoms with E-state index in [4.69, 9.17) is 9.47 Å². The number of nitrogens with zero attached hydrogens (tertiary/aromatic N) is 4. The smallest absolute Gasteiger partial charge is 0.205 e. The zero-order chi connectivity index (χ0) is 27.6. The Morgan fingerprint density at radius 1 is 1.07 bits per heavy atom. The van der Waals surface area contributed by atoms with E-state index in [0.717, 1.165) is 10.4 Å². The van der Waals surface area contributed by atoms with Crippen LogP contribution in [0.5, 0.6) is 17.5 Å². The van der Waals surface area contributed by atoms with Crippen molar-refractivity contribution in [3.8, 4) is 39.7 Å². The fraction of sp³-hybridized carbons (Fsp3) is 0.233. The Labute approximate surface area is 233 Å². The van der Waals surface area contributed by atoms with Gasteiger partial charge >= 0.3 is 0 Å². The van der Waals surface area contributed by atoms with Crippen LogP contribution in [-0.2, 0) is 15.9 Å². The van der Waals surface area contributed by atoms with Crippen LogP contribution in [0.2, 0.25) is 0 Å². The SMILES string of the molecule is C[C@]12O[C@](CCOc3ccc(-c4cnns4)cc3)(C[C@@H]1O)c1c2c(O)n(-c2ccc(C#N)c3ccccc23)c1O. The summed E-state index contributed by atoms with van der Waals surface area (Å²) < 4.78 is 17.8. The summed E-state index contributed by atoms with van der Waals surface area (Å²) in [5.41, 5.74) is 0.606. The third-order valence-corrected chi connectivity index (χ3v) is 8.89. The highest BCUT2D eigenvalue weighted by molar-refractivity contribution is 7.09. The van der Waals surface area contributed by atoms with Gasteiger partial charge in [-0.2, -0.15) is 5.26 Å². The molecule has 2 aliphatic heterocycles. The van der Waals surface area contributed by atoms with Crippen LogP contribution in [0.25, 0.3) is 26.9 Å². The summed E-state index contributed by atoms with van der Waals surface area (Å²) in [4.78, 5) is 0.964. The van der Waals surface area contributed by atoms with E-state index in [9.17, 15) is 20.6 Å². The third kappa shape index (κ3) is 3.38. The van der Waals surface area contributed by atoms with Gasteiger partial charge in [0.05, 0.1) is 52.2 Å². The molecule has 3 N–H and O–H groups in total. The highest BCUT2D eigenvalue weighted by Gasteiger charge is 2.66. The Morgan fingerprint density at radius 3 is 2.55 bits per heavy atom. The van der Waals surface area contributed by atoms with Crippen molar-refractivity contribution in [3.63, 3.8) is 0 Å². The molecule has 4 heterocycles. The molecule has 1 saturated heterocycles. The van der Waals surface area contributed by atoms with Gasteiger partial charge in [-0.1, -0.05) is 28.8 Å². The number of aliphatic hydroxyl groups is 1. The summed E-state index contributed by atoms with van der Waals surface area (Å²) in [6.07, 6.45) is 1.43. The maximum absolute atomic E-state index is 11.6. The van der Waals surface area contributed by atoms with Gasteiger partial charge < -0.3 is 24.8 Å². The van der Waals surface area contributed by atoms with Crippen molar-refractivity contribution >= 4 is 22.3 Å². The van der Waals surface area contributed by atoms with Crippen molar-refractivity contribution in [1.82, 2.24) is 14.2 Å². The van der Waals surface area contributed by atoms with E-state index in [0.29, 0.717) is 45.3 Å². The van der Waals surface area contributed by atoms with Crippen LogP contribution >= 0.6 is 11.5 Å². The van der Waals surface area contributed by atoms with Crippen LogP contribution in [0.3, 0.4) is 0 Å². The number of nitriles is 1. The number of ether oxygens (including phenoxy) is 2. The molecule has 7 rings (SSSR count). The first-order valence-electron chi connectivity index (χ1n) is 12.8. The Kier molecular flexibility index (Phi) is 5.41. The van der Waals surface area contributed by atoms with Gasteiger partial charge in [-0.15, -0.1) is 5.10 Å². The van der Waals surface area contributed by atoms with Crippen molar-refractivity contribution in [2.75, 3.05) is 6.61 Å². The molecule has 1 fully saturated rings. The molecule has 2 aliphatic rings. The van der Waals surface area contributed by atoms with Crippen molar-refractivity contribution in [1.29, 1.82) is 5.26 Å². The van der Waals surface area contributed by atoms with Gasteiger partial charge in [0, 0.05) is 23.6 Å². The second-order valence-electron chi connectivity index (χ2n) is 10.4. The fourth-order valence-corrected chi connectivity index (χ4v) is 6.79. The van der Waals surface area contributed by atoms with Crippen molar-refractivity contribution in [2.24, 2.45) is 0 Å². The molecule has 0 saturated carbocycles. The van der Waals surface area contributed by atoms with Gasteiger partial charge in [0.2, 0.25) is 11.8 Å². The molecule has 2 aromatic heterocycles. The fourth-order valence-electron chi connectivity index (χ4n) is 6.27. The number of aromatic nitrogens is 3. The van der Waals surface area contributed by atoms with Crippen molar-refractivity contribution in [3.05, 3.63) is 83.6 Å². The Morgan fingerprint density at radius 2 is 1.82 bits per heavy atom. The largest absolute Gasteiger partial charge is 0.494 e. The van der Waals surface area contributed by atoms with E-state index < -0.39 is 17.3 Å². The van der Waals surface area contributed by atoms with Crippen LogP contribution in [0.4, 0.5) is 0 Å². The highest BCUT2D eigenvalue weighted by atomic mass is 32.1. The van der Waals surface area contributed by atoms with Crippen LogP contribution in [0.15, 0.2) is 66.9 Å². The maximum Gasteiger partial charge on any atom is 0.205 e. The van der Waals surface area contributed by atoms with Crippen LogP contribution in [0, 0.1) is 11.3 Å². The lowest BCUT2D eigenvalue weighted by molar-refractivity contribution is -0.107. The molecule has 5 aromatic rings. The minimum absolute atomic E-state index is 0.152. The zero-order valence-electron chi connectivity index (χ0n) is 21.4. The molecular weight excluding hydrogens is 528 g/mol. The highest BCUT2D eigenvalue weighted by Crippen LogP contribution is 2.65. The quantitative estimate of drug-likeness (QED) is 0.265. The summed E-state index contributed by atoms with van der Waals surface area (Å²) in [5.74, 6) is 0.325. The lowest BCUT2D eigenvalue weighted by Crippen LogP contribution is -2.33. The molecule has 0 aliphatic carbocycles. The number of aromatic hydroxyl groups is 2. The lowest BCUT2D eigenvalue weighted by Gasteiger charge is -2.26. The number of fused-ring (bicyclic) bond motifs is 6. The van der Waals surface area contributed by atoms with E-state index in [-0.39, 0.29) is 24.8 Å². The summed E-state index contributed by atoms with van der Waals surface area (Å²) in [7, 11) is 0. The van der Waals surface area contributed by atoms with E-state index in [1.54, 1.807) is 25.3 Å². The van der Waals surface area contributed by atoms with Crippen LogP contribution in [0.1, 0.15) is 36.5 Å². The van der Waals surface area contributed by atoms with E-state index in [1.165, 1.54) is 16.1 Å². The molecule has 200 valence electrons.